The van der Waals surface area contributed by atoms with Gasteiger partial charge in [0.05, 0.1) is 5.70 Å². The van der Waals surface area contributed by atoms with Crippen LogP contribution in [0.3, 0.4) is 0 Å². The van der Waals surface area contributed by atoms with Crippen molar-refractivity contribution in [3.8, 4) is 0 Å². The number of nitrogens with zero attached hydrogens (tertiary/aromatic N) is 3. The average Bonchev–Trinajstić information content (AvgIpc) is 3.45. The first kappa shape index (κ1) is 29.4. The number of piperazine rings is 1. The van der Waals surface area contributed by atoms with E-state index in [2.05, 4.69) is 20.9 Å². The van der Waals surface area contributed by atoms with Gasteiger partial charge in [0.25, 0.3) is 5.91 Å². The third-order valence-corrected chi connectivity index (χ3v) is 8.84. The van der Waals surface area contributed by atoms with Gasteiger partial charge in [-0.15, -0.1) is 0 Å². The summed E-state index contributed by atoms with van der Waals surface area (Å²) >= 11 is 0. The maximum atomic E-state index is 13.9. The summed E-state index contributed by atoms with van der Waals surface area (Å²) in [5.41, 5.74) is -1.72. The fourth-order valence-corrected chi connectivity index (χ4v) is 6.32. The van der Waals surface area contributed by atoms with Crippen molar-refractivity contribution in [2.45, 2.75) is 69.9 Å². The predicted octanol–water partition coefficient (Wildman–Crippen LogP) is 2.78. The minimum absolute atomic E-state index is 0.0266. The zero-order valence-corrected chi connectivity index (χ0v) is 23.6. The lowest BCUT2D eigenvalue weighted by molar-refractivity contribution is -0.249. The monoisotopic (exact) mass is 576 g/mol. The number of hydrogen-bond donors (Lipinski definition) is 3. The molecule has 3 atom stereocenters. The van der Waals surface area contributed by atoms with Crippen LogP contribution in [0.25, 0.3) is 0 Å². The molecule has 224 valence electrons. The molecule has 3 N–H and O–H groups in total. The smallest absolute Gasteiger partial charge is 0.363 e. The summed E-state index contributed by atoms with van der Waals surface area (Å²) in [7, 11) is 0. The normalized spacial score (nSPS) is 27.8. The van der Waals surface area contributed by atoms with Crippen molar-refractivity contribution in [2.75, 3.05) is 39.3 Å². The minimum Gasteiger partial charge on any atom is -0.363 e. The second-order valence-electron chi connectivity index (χ2n) is 11.2. The molecule has 9 nitrogen and oxygen atoms in total. The average molecular weight is 577 g/mol. The summed E-state index contributed by atoms with van der Waals surface area (Å²) in [6, 6.07) is 3.38. The molecule has 2 saturated heterocycles. The molecule has 3 fully saturated rings. The predicted molar refractivity (Wildman–Crippen MR) is 146 cm³/mol. The lowest BCUT2D eigenvalue weighted by Gasteiger charge is -2.49. The van der Waals surface area contributed by atoms with E-state index in [-0.39, 0.29) is 43.9 Å². The fourth-order valence-electron chi connectivity index (χ4n) is 6.32. The molecule has 1 unspecified atom stereocenters. The Labute approximate surface area is 238 Å². The van der Waals surface area contributed by atoms with Crippen molar-refractivity contribution in [3.05, 3.63) is 53.6 Å². The number of carbonyl (C=O) groups excluding carboxylic acids is 2. The molecule has 1 aromatic heterocycles. The van der Waals surface area contributed by atoms with Crippen LogP contribution in [0.1, 0.15) is 51.5 Å². The van der Waals surface area contributed by atoms with E-state index in [0.717, 1.165) is 18.5 Å². The van der Waals surface area contributed by atoms with Crippen LogP contribution in [0.2, 0.25) is 0 Å². The van der Waals surface area contributed by atoms with E-state index in [9.17, 15) is 22.8 Å². The molecule has 41 heavy (non-hydrogen) atoms. The molecule has 4 aliphatic rings. The third-order valence-electron chi connectivity index (χ3n) is 8.84. The van der Waals surface area contributed by atoms with Gasteiger partial charge in [0, 0.05) is 62.8 Å². The van der Waals surface area contributed by atoms with Crippen molar-refractivity contribution in [3.63, 3.8) is 0 Å². The van der Waals surface area contributed by atoms with Gasteiger partial charge in [0.15, 0.2) is 5.72 Å². The number of rotatable bonds is 8. The number of ether oxygens (including phenoxy) is 1. The molecule has 1 saturated carbocycles. The summed E-state index contributed by atoms with van der Waals surface area (Å²) in [6.45, 7) is 6.27. The van der Waals surface area contributed by atoms with E-state index in [1.54, 1.807) is 18.5 Å². The molecule has 2 amide bonds. The molecule has 0 radical (unpaired) electrons. The third kappa shape index (κ3) is 5.43. The molecule has 5 rings (SSSR count). The molecule has 4 heterocycles. The Morgan fingerprint density at radius 3 is 2.63 bits per heavy atom. The molecule has 12 heteroatoms. The van der Waals surface area contributed by atoms with E-state index in [4.69, 9.17) is 4.74 Å². The Hall–Kier alpha value is -3.12. The first-order chi connectivity index (χ1) is 19.6. The molecule has 0 aromatic carbocycles. The zero-order valence-electron chi connectivity index (χ0n) is 23.6. The highest BCUT2D eigenvalue weighted by atomic mass is 19.4. The number of nitrogens with one attached hydrogen (secondary N) is 3. The van der Waals surface area contributed by atoms with Crippen LogP contribution in [-0.2, 0) is 20.1 Å². The van der Waals surface area contributed by atoms with Crippen LogP contribution in [0, 0.1) is 5.41 Å². The van der Waals surface area contributed by atoms with E-state index < -0.39 is 23.2 Å². The van der Waals surface area contributed by atoms with Crippen LogP contribution in [0.5, 0.6) is 0 Å². The Balaban J connectivity index is 1.45. The summed E-state index contributed by atoms with van der Waals surface area (Å²) in [5, 5.41) is 9.75. The van der Waals surface area contributed by atoms with Crippen LogP contribution in [0.15, 0.2) is 48.1 Å². The summed E-state index contributed by atoms with van der Waals surface area (Å²) < 4.78 is 48.0. The highest BCUT2D eigenvalue weighted by Crippen LogP contribution is 2.54. The molecular weight excluding hydrogens is 537 g/mol. The number of pyridine rings is 1. The lowest BCUT2D eigenvalue weighted by Crippen LogP contribution is -2.62. The number of hydrogen-bond acceptors (Lipinski definition) is 7. The Kier molecular flexibility index (Phi) is 8.34. The molecule has 0 bridgehead atoms. The Morgan fingerprint density at radius 1 is 1.24 bits per heavy atom. The highest BCUT2D eigenvalue weighted by molar-refractivity contribution is 5.95. The van der Waals surface area contributed by atoms with Gasteiger partial charge in [-0.2, -0.15) is 13.2 Å². The van der Waals surface area contributed by atoms with E-state index in [1.165, 1.54) is 4.90 Å². The second kappa shape index (κ2) is 11.6. The standard InChI is InChI=1S/C29H39F3N6O3/c1-3-22-19-37(26(40)27(10-6-11-27)29(30,31)32)15-16-38(22)23-8-12-28(41-4-2,20-7-5-13-33-17-20)36-24(23)25(39)35-21-9-14-34-18-21/h5,7-8,12-13,17,21-22,34,36H,3-4,6,9-11,14-16,18-19H2,1-2H3,(H,35,39)/t21-,22-,28?/m1/s1. The van der Waals surface area contributed by atoms with Crippen molar-refractivity contribution >= 4 is 11.8 Å². The fraction of sp³-hybridized carbons (Fsp3) is 0.621. The number of alkyl halides is 3. The SMILES string of the molecule is CCOC1(c2cccnc2)C=CC(N2CCN(C(=O)C3(C(F)(F)F)CCC3)C[C@H]2CC)=C(C(=O)N[C@@H]2CCNC2)N1. The summed E-state index contributed by atoms with van der Waals surface area (Å²) in [6.07, 6.45) is 3.98. The minimum atomic E-state index is -4.56. The second-order valence-corrected chi connectivity index (χ2v) is 11.2. The lowest BCUT2D eigenvalue weighted by atomic mass is 9.67. The largest absolute Gasteiger partial charge is 0.403 e. The van der Waals surface area contributed by atoms with Crippen LogP contribution in [0.4, 0.5) is 13.2 Å². The van der Waals surface area contributed by atoms with Gasteiger partial charge in [0.1, 0.15) is 11.1 Å². The Morgan fingerprint density at radius 2 is 2.05 bits per heavy atom. The number of amides is 2. The summed E-state index contributed by atoms with van der Waals surface area (Å²) in [4.78, 5) is 34.7. The van der Waals surface area contributed by atoms with E-state index in [1.807, 2.05) is 37.0 Å². The van der Waals surface area contributed by atoms with Gasteiger partial charge in [-0.3, -0.25) is 14.6 Å². The number of carbonyl (C=O) groups is 2. The number of dihydropyridines is 1. The van der Waals surface area contributed by atoms with Gasteiger partial charge < -0.3 is 30.5 Å². The van der Waals surface area contributed by atoms with Gasteiger partial charge >= 0.3 is 6.18 Å². The first-order valence-corrected chi connectivity index (χ1v) is 14.5. The maximum absolute atomic E-state index is 13.9. The molecule has 3 aliphatic heterocycles. The quantitative estimate of drug-likeness (QED) is 0.438. The maximum Gasteiger partial charge on any atom is 0.403 e. The van der Waals surface area contributed by atoms with Crippen molar-refractivity contribution in [1.29, 1.82) is 0 Å². The zero-order chi connectivity index (χ0) is 29.3. The van der Waals surface area contributed by atoms with Crippen LogP contribution in [-0.4, -0.2) is 84.2 Å². The topological polar surface area (TPSA) is 98.8 Å². The molecule has 0 spiro atoms. The van der Waals surface area contributed by atoms with Gasteiger partial charge in [0.2, 0.25) is 5.91 Å². The van der Waals surface area contributed by atoms with Crippen LogP contribution < -0.4 is 16.0 Å². The Bertz CT molecular complexity index is 1180. The molecule has 1 aliphatic carbocycles. The molecular formula is C29H39F3N6O3. The van der Waals surface area contributed by atoms with E-state index in [0.29, 0.717) is 43.9 Å². The van der Waals surface area contributed by atoms with Crippen molar-refractivity contribution in [2.24, 2.45) is 5.41 Å². The number of aromatic nitrogens is 1. The number of halogens is 3. The van der Waals surface area contributed by atoms with Crippen LogP contribution >= 0.6 is 0 Å². The van der Waals surface area contributed by atoms with Gasteiger partial charge in [-0.25, -0.2) is 0 Å². The highest BCUT2D eigenvalue weighted by Gasteiger charge is 2.64. The van der Waals surface area contributed by atoms with Crippen molar-refractivity contribution < 1.29 is 27.5 Å². The summed E-state index contributed by atoms with van der Waals surface area (Å²) in [5.74, 6) is -1.11. The van der Waals surface area contributed by atoms with Crippen molar-refractivity contribution in [1.82, 2.24) is 30.7 Å². The van der Waals surface area contributed by atoms with Gasteiger partial charge in [-0.1, -0.05) is 19.4 Å². The number of allylic oxidation sites excluding steroid dienone is 1. The molecule has 1 aromatic rings. The van der Waals surface area contributed by atoms with E-state index >= 15 is 0 Å². The van der Waals surface area contributed by atoms with Gasteiger partial charge in [-0.05, 0) is 57.4 Å². The first-order valence-electron chi connectivity index (χ1n) is 14.5.